The Bertz CT molecular complexity index is 373. The number of ether oxygens (including phenoxy) is 1. The quantitative estimate of drug-likeness (QED) is 0.752. The minimum Gasteiger partial charge on any atom is -0.449 e. The van der Waals surface area contributed by atoms with Crippen molar-refractivity contribution in [1.29, 1.82) is 0 Å². The van der Waals surface area contributed by atoms with Gasteiger partial charge < -0.3 is 9.64 Å². The van der Waals surface area contributed by atoms with Crippen molar-refractivity contribution in [1.82, 2.24) is 25.1 Å². The molecule has 1 aliphatic rings. The van der Waals surface area contributed by atoms with Gasteiger partial charge in [-0.1, -0.05) is 13.3 Å². The Kier molecular flexibility index (Phi) is 5.11. The van der Waals surface area contributed by atoms with Gasteiger partial charge in [0.15, 0.2) is 0 Å². The fourth-order valence-electron chi connectivity index (χ4n) is 2.22. The summed E-state index contributed by atoms with van der Waals surface area (Å²) in [6.45, 7) is 4.96. The fraction of sp³-hybridized carbons (Fsp3) is 0.833. The van der Waals surface area contributed by atoms with Crippen molar-refractivity contribution < 1.29 is 9.53 Å². The zero-order valence-corrected chi connectivity index (χ0v) is 11.4. The van der Waals surface area contributed by atoms with Crippen molar-refractivity contribution in [2.45, 2.75) is 39.2 Å². The van der Waals surface area contributed by atoms with Gasteiger partial charge in [0, 0.05) is 19.6 Å². The molecule has 0 unspecified atom stereocenters. The first-order valence-corrected chi connectivity index (χ1v) is 6.92. The molecule has 1 aromatic rings. The number of amides is 1. The molecule has 7 heteroatoms. The molecule has 1 aromatic heterocycles. The van der Waals surface area contributed by atoms with Crippen molar-refractivity contribution in [3.63, 3.8) is 0 Å². The van der Waals surface area contributed by atoms with Crippen LogP contribution in [0.4, 0.5) is 4.79 Å². The smallest absolute Gasteiger partial charge is 0.409 e. The maximum Gasteiger partial charge on any atom is 0.409 e. The Morgan fingerprint density at radius 1 is 1.42 bits per heavy atom. The molecule has 0 spiro atoms. The lowest BCUT2D eigenvalue weighted by atomic mass is 9.97. The lowest BCUT2D eigenvalue weighted by Crippen LogP contribution is -2.39. The summed E-state index contributed by atoms with van der Waals surface area (Å²) in [4.78, 5) is 13.6. The summed E-state index contributed by atoms with van der Waals surface area (Å²) in [5.41, 5.74) is 0. The van der Waals surface area contributed by atoms with E-state index in [2.05, 4.69) is 22.4 Å². The van der Waals surface area contributed by atoms with Gasteiger partial charge in [0.2, 0.25) is 0 Å². The van der Waals surface area contributed by atoms with Crippen LogP contribution < -0.4 is 0 Å². The standard InChI is InChI=1S/C12H21N5O2/c1-2-3-8-19-12(18)16-6-4-11(5-7-16)9-17-10-13-14-15-17/h10-11H,2-9H2,1H3. The second-order valence-electron chi connectivity index (χ2n) is 4.93. The first-order valence-electron chi connectivity index (χ1n) is 6.92. The number of rotatable bonds is 5. The molecular weight excluding hydrogens is 246 g/mol. The highest BCUT2D eigenvalue weighted by molar-refractivity contribution is 5.67. The molecule has 1 saturated heterocycles. The highest BCUT2D eigenvalue weighted by Gasteiger charge is 2.24. The highest BCUT2D eigenvalue weighted by Crippen LogP contribution is 2.19. The van der Waals surface area contributed by atoms with Gasteiger partial charge in [-0.25, -0.2) is 9.48 Å². The molecule has 0 radical (unpaired) electrons. The summed E-state index contributed by atoms with van der Waals surface area (Å²) >= 11 is 0. The van der Waals surface area contributed by atoms with E-state index in [0.29, 0.717) is 12.5 Å². The third-order valence-corrected chi connectivity index (χ3v) is 3.43. The third kappa shape index (κ3) is 4.18. The minimum absolute atomic E-state index is 0.172. The second-order valence-corrected chi connectivity index (χ2v) is 4.93. The molecule has 0 bridgehead atoms. The van der Waals surface area contributed by atoms with E-state index in [4.69, 9.17) is 4.74 Å². The Labute approximate surface area is 112 Å². The van der Waals surface area contributed by atoms with Crippen LogP contribution in [0.15, 0.2) is 6.33 Å². The van der Waals surface area contributed by atoms with Crippen LogP contribution in [0, 0.1) is 5.92 Å². The summed E-state index contributed by atoms with van der Waals surface area (Å²) in [6, 6.07) is 0. The van der Waals surface area contributed by atoms with Crippen molar-refractivity contribution in [3.05, 3.63) is 6.33 Å². The minimum atomic E-state index is -0.172. The maximum absolute atomic E-state index is 11.8. The van der Waals surface area contributed by atoms with E-state index in [1.807, 2.05) is 0 Å². The summed E-state index contributed by atoms with van der Waals surface area (Å²) in [5.74, 6) is 0.531. The van der Waals surface area contributed by atoms with Crippen molar-refractivity contribution in [3.8, 4) is 0 Å². The van der Waals surface area contributed by atoms with Gasteiger partial charge in [0.25, 0.3) is 0 Å². The zero-order chi connectivity index (χ0) is 13.5. The number of nitrogens with zero attached hydrogens (tertiary/aromatic N) is 5. The van der Waals surface area contributed by atoms with Crippen LogP contribution in [0.25, 0.3) is 0 Å². The number of hydrogen-bond acceptors (Lipinski definition) is 5. The van der Waals surface area contributed by atoms with Gasteiger partial charge in [-0.15, -0.1) is 5.10 Å². The zero-order valence-electron chi connectivity index (χ0n) is 11.4. The molecule has 0 atom stereocenters. The summed E-state index contributed by atoms with van der Waals surface area (Å²) in [7, 11) is 0. The number of carbonyl (C=O) groups excluding carboxylic acids is 1. The monoisotopic (exact) mass is 267 g/mol. The maximum atomic E-state index is 11.8. The Hall–Kier alpha value is -1.66. The molecule has 0 aliphatic carbocycles. The van der Waals surface area contributed by atoms with E-state index < -0.39 is 0 Å². The summed E-state index contributed by atoms with van der Waals surface area (Å²) in [6.07, 6.45) is 5.38. The molecule has 0 aromatic carbocycles. The molecule has 0 saturated carbocycles. The normalized spacial score (nSPS) is 16.6. The average molecular weight is 267 g/mol. The molecule has 106 valence electrons. The predicted molar refractivity (Wildman–Crippen MR) is 68.4 cm³/mol. The molecule has 2 heterocycles. The van der Waals surface area contributed by atoms with Crippen LogP contribution in [-0.4, -0.2) is 50.9 Å². The predicted octanol–water partition coefficient (Wildman–Crippen LogP) is 1.32. The number of likely N-dealkylation sites (tertiary alicyclic amines) is 1. The lowest BCUT2D eigenvalue weighted by Gasteiger charge is -2.31. The van der Waals surface area contributed by atoms with E-state index in [9.17, 15) is 4.79 Å². The average Bonchev–Trinajstić information content (AvgIpc) is 2.93. The van der Waals surface area contributed by atoms with Crippen LogP contribution in [0.1, 0.15) is 32.6 Å². The first-order chi connectivity index (χ1) is 9.29. The fourth-order valence-corrected chi connectivity index (χ4v) is 2.22. The van der Waals surface area contributed by atoms with Crippen molar-refractivity contribution in [2.24, 2.45) is 5.92 Å². The number of carbonyl (C=O) groups is 1. The first kappa shape index (κ1) is 13.8. The topological polar surface area (TPSA) is 73.1 Å². The van der Waals surface area contributed by atoms with Crippen LogP contribution in [0.5, 0.6) is 0 Å². The Morgan fingerprint density at radius 2 is 2.21 bits per heavy atom. The van der Waals surface area contributed by atoms with E-state index in [-0.39, 0.29) is 6.09 Å². The van der Waals surface area contributed by atoms with E-state index in [1.165, 1.54) is 0 Å². The van der Waals surface area contributed by atoms with Gasteiger partial charge in [-0.05, 0) is 35.6 Å². The largest absolute Gasteiger partial charge is 0.449 e. The van der Waals surface area contributed by atoms with Crippen molar-refractivity contribution >= 4 is 6.09 Å². The molecule has 2 rings (SSSR count). The summed E-state index contributed by atoms with van der Waals surface area (Å²) in [5, 5.41) is 11.1. The van der Waals surface area contributed by atoms with Crippen LogP contribution in [-0.2, 0) is 11.3 Å². The van der Waals surface area contributed by atoms with Crippen LogP contribution in [0.2, 0.25) is 0 Å². The second kappa shape index (κ2) is 7.06. The Balaban J connectivity index is 1.68. The molecular formula is C12H21N5O2. The highest BCUT2D eigenvalue weighted by atomic mass is 16.6. The number of hydrogen-bond donors (Lipinski definition) is 0. The Morgan fingerprint density at radius 3 is 2.84 bits per heavy atom. The summed E-state index contributed by atoms with van der Waals surface area (Å²) < 4.78 is 6.96. The SMILES string of the molecule is CCCCOC(=O)N1CCC(Cn2cnnn2)CC1. The molecule has 1 amide bonds. The molecule has 1 fully saturated rings. The lowest BCUT2D eigenvalue weighted by molar-refractivity contribution is 0.0845. The van der Waals surface area contributed by atoms with Crippen LogP contribution >= 0.6 is 0 Å². The van der Waals surface area contributed by atoms with Gasteiger partial charge in [-0.2, -0.15) is 0 Å². The number of aromatic nitrogens is 4. The van der Waals surface area contributed by atoms with E-state index >= 15 is 0 Å². The molecule has 1 aliphatic heterocycles. The molecule has 7 nitrogen and oxygen atoms in total. The van der Waals surface area contributed by atoms with Gasteiger partial charge >= 0.3 is 6.09 Å². The van der Waals surface area contributed by atoms with E-state index in [0.717, 1.165) is 45.3 Å². The van der Waals surface area contributed by atoms with Gasteiger partial charge in [0.1, 0.15) is 6.33 Å². The van der Waals surface area contributed by atoms with Crippen LogP contribution in [0.3, 0.4) is 0 Å². The van der Waals surface area contributed by atoms with Crippen molar-refractivity contribution in [2.75, 3.05) is 19.7 Å². The molecule has 19 heavy (non-hydrogen) atoms. The van der Waals surface area contributed by atoms with Gasteiger partial charge in [0.05, 0.1) is 6.61 Å². The van der Waals surface area contributed by atoms with Gasteiger partial charge in [-0.3, -0.25) is 0 Å². The number of piperidine rings is 1. The third-order valence-electron chi connectivity index (χ3n) is 3.43. The molecule has 0 N–H and O–H groups in total. The number of unbranched alkanes of at least 4 members (excludes halogenated alkanes) is 1. The number of tetrazole rings is 1. The van der Waals surface area contributed by atoms with E-state index in [1.54, 1.807) is 15.9 Å².